The summed E-state index contributed by atoms with van der Waals surface area (Å²) in [4.78, 5) is 16.5. The zero-order valence-corrected chi connectivity index (χ0v) is 21.6. The number of furan rings is 1. The van der Waals surface area contributed by atoms with Crippen molar-refractivity contribution >= 4 is 17.0 Å². The summed E-state index contributed by atoms with van der Waals surface area (Å²) in [6.45, 7) is 3.50. The number of aromatic nitrogens is 2. The van der Waals surface area contributed by atoms with Crippen LogP contribution in [-0.4, -0.2) is 28.7 Å². The Hall–Kier alpha value is -4.32. The fourth-order valence-electron chi connectivity index (χ4n) is 4.59. The van der Waals surface area contributed by atoms with Gasteiger partial charge >= 0.3 is 5.97 Å². The van der Waals surface area contributed by atoms with Crippen LogP contribution in [-0.2, 0) is 16.1 Å². The Morgan fingerprint density at radius 2 is 1.66 bits per heavy atom. The number of carbonyl (C=O) groups excluding carboxylic acids is 1. The molecule has 0 fully saturated rings. The van der Waals surface area contributed by atoms with Gasteiger partial charge in [0.05, 0.1) is 37.1 Å². The molecule has 0 saturated carbocycles. The summed E-state index contributed by atoms with van der Waals surface area (Å²) in [7, 11) is 0. The van der Waals surface area contributed by atoms with Crippen LogP contribution in [0.25, 0.3) is 33.7 Å². The third-order valence-electron chi connectivity index (χ3n) is 6.49. The molecule has 6 nitrogen and oxygen atoms in total. The average molecular weight is 509 g/mol. The highest BCUT2D eigenvalue weighted by molar-refractivity contribution is 5.81. The van der Waals surface area contributed by atoms with E-state index >= 15 is 0 Å². The van der Waals surface area contributed by atoms with Crippen molar-refractivity contribution in [2.24, 2.45) is 0 Å². The Bertz CT molecular complexity index is 1470. The van der Waals surface area contributed by atoms with E-state index in [1.807, 2.05) is 55.5 Å². The molecule has 2 aromatic heterocycles. The number of fused-ring (bicyclic) bond motifs is 1. The Kier molecular flexibility index (Phi) is 8.19. The van der Waals surface area contributed by atoms with Gasteiger partial charge in [-0.1, -0.05) is 54.6 Å². The number of hydrogen-bond acceptors (Lipinski definition) is 5. The minimum Gasteiger partial charge on any atom is -0.493 e. The molecule has 0 aliphatic heterocycles. The first kappa shape index (κ1) is 25.3. The van der Waals surface area contributed by atoms with E-state index in [1.165, 1.54) is 0 Å². The number of hydrogen-bond donors (Lipinski definition) is 0. The van der Waals surface area contributed by atoms with E-state index in [0.717, 1.165) is 64.3 Å². The van der Waals surface area contributed by atoms with Gasteiger partial charge in [0.25, 0.3) is 0 Å². The summed E-state index contributed by atoms with van der Waals surface area (Å²) in [5.74, 6) is 2.50. The Morgan fingerprint density at radius 1 is 0.868 bits per heavy atom. The number of para-hydroxylation sites is 3. The second kappa shape index (κ2) is 12.3. The number of ether oxygens (including phenoxy) is 2. The predicted molar refractivity (Wildman–Crippen MR) is 149 cm³/mol. The fraction of sp³-hybridized carbons (Fsp3) is 0.250. The van der Waals surface area contributed by atoms with Crippen LogP contribution in [0.2, 0.25) is 0 Å². The largest absolute Gasteiger partial charge is 0.493 e. The SMILES string of the molecule is CCOC(=O)CCCCCOc1ccccc1Cn1c(-c2ccc(-c3ccco3)cc2)nc2ccccc21. The van der Waals surface area contributed by atoms with Crippen LogP contribution in [0, 0.1) is 0 Å². The van der Waals surface area contributed by atoms with E-state index in [2.05, 4.69) is 41.0 Å². The first-order valence-corrected chi connectivity index (χ1v) is 13.2. The molecule has 0 aliphatic rings. The molecule has 5 rings (SSSR count). The minimum absolute atomic E-state index is 0.127. The van der Waals surface area contributed by atoms with Crippen LogP contribution >= 0.6 is 0 Å². The number of nitrogens with zero attached hydrogens (tertiary/aromatic N) is 2. The van der Waals surface area contributed by atoms with Crippen LogP contribution < -0.4 is 4.74 Å². The van der Waals surface area contributed by atoms with Gasteiger partial charge in [-0.2, -0.15) is 0 Å². The zero-order valence-electron chi connectivity index (χ0n) is 21.6. The van der Waals surface area contributed by atoms with Crippen LogP contribution in [0.4, 0.5) is 0 Å². The molecule has 6 heteroatoms. The monoisotopic (exact) mass is 508 g/mol. The number of esters is 1. The van der Waals surface area contributed by atoms with E-state index in [9.17, 15) is 4.79 Å². The number of imidazole rings is 1. The molecule has 194 valence electrons. The molecular formula is C32H32N2O4. The van der Waals surface area contributed by atoms with Gasteiger partial charge in [-0.25, -0.2) is 4.98 Å². The quantitative estimate of drug-likeness (QED) is 0.129. The van der Waals surface area contributed by atoms with Gasteiger partial charge < -0.3 is 18.5 Å². The Labute approximate surface area is 222 Å². The third kappa shape index (κ3) is 5.97. The Balaban J connectivity index is 1.33. The molecular weight excluding hydrogens is 476 g/mol. The lowest BCUT2D eigenvalue weighted by molar-refractivity contribution is -0.143. The van der Waals surface area contributed by atoms with Crippen molar-refractivity contribution in [3.8, 4) is 28.5 Å². The van der Waals surface area contributed by atoms with Gasteiger partial charge in [0.15, 0.2) is 0 Å². The number of unbranched alkanes of at least 4 members (excludes halogenated alkanes) is 2. The molecule has 2 heterocycles. The topological polar surface area (TPSA) is 66.5 Å². The van der Waals surface area contributed by atoms with Crippen molar-refractivity contribution in [1.29, 1.82) is 0 Å². The zero-order chi connectivity index (χ0) is 26.2. The molecule has 0 aliphatic carbocycles. The van der Waals surface area contributed by atoms with E-state index in [1.54, 1.807) is 6.26 Å². The van der Waals surface area contributed by atoms with Gasteiger partial charge in [-0.05, 0) is 56.5 Å². The summed E-state index contributed by atoms with van der Waals surface area (Å²) in [5, 5.41) is 0. The Morgan fingerprint density at radius 3 is 2.47 bits per heavy atom. The lowest BCUT2D eigenvalue weighted by Crippen LogP contribution is -2.06. The number of rotatable bonds is 12. The van der Waals surface area contributed by atoms with Crippen LogP contribution in [0.5, 0.6) is 5.75 Å². The van der Waals surface area contributed by atoms with E-state index in [-0.39, 0.29) is 5.97 Å². The summed E-state index contributed by atoms with van der Waals surface area (Å²) in [6, 6.07) is 28.5. The van der Waals surface area contributed by atoms with Gasteiger partial charge in [0, 0.05) is 23.1 Å². The van der Waals surface area contributed by atoms with E-state index in [0.29, 0.717) is 26.2 Å². The third-order valence-corrected chi connectivity index (χ3v) is 6.49. The summed E-state index contributed by atoms with van der Waals surface area (Å²) in [6.07, 6.45) is 4.77. The highest BCUT2D eigenvalue weighted by Crippen LogP contribution is 2.30. The van der Waals surface area contributed by atoms with Crippen LogP contribution in [0.1, 0.15) is 38.2 Å². The van der Waals surface area contributed by atoms with Crippen LogP contribution in [0.3, 0.4) is 0 Å². The van der Waals surface area contributed by atoms with Gasteiger partial charge in [0.2, 0.25) is 0 Å². The molecule has 0 bridgehead atoms. The minimum atomic E-state index is -0.127. The summed E-state index contributed by atoms with van der Waals surface area (Å²) < 4.78 is 19.0. The standard InChI is InChI=1S/C32H32N2O4/c1-2-36-31(35)16-4-3-9-21-37-30-14-8-5-11-26(30)23-34-28-13-7-6-12-27(28)33-32(34)25-19-17-24(18-20-25)29-15-10-22-38-29/h5-8,10-15,17-20,22H,2-4,9,16,21,23H2,1H3. The van der Waals surface area contributed by atoms with Crippen molar-refractivity contribution in [2.45, 2.75) is 39.2 Å². The van der Waals surface area contributed by atoms with Gasteiger partial charge in [-0.3, -0.25) is 4.79 Å². The molecule has 3 aromatic carbocycles. The van der Waals surface area contributed by atoms with Crippen molar-refractivity contribution in [1.82, 2.24) is 9.55 Å². The van der Waals surface area contributed by atoms with Crippen molar-refractivity contribution in [2.75, 3.05) is 13.2 Å². The second-order valence-corrected chi connectivity index (χ2v) is 9.14. The first-order valence-electron chi connectivity index (χ1n) is 13.2. The molecule has 0 unspecified atom stereocenters. The molecule has 0 spiro atoms. The fourth-order valence-corrected chi connectivity index (χ4v) is 4.59. The van der Waals surface area contributed by atoms with Gasteiger partial charge in [0.1, 0.15) is 17.3 Å². The molecule has 0 N–H and O–H groups in total. The second-order valence-electron chi connectivity index (χ2n) is 9.14. The molecule has 38 heavy (non-hydrogen) atoms. The van der Waals surface area contributed by atoms with Crippen molar-refractivity contribution in [3.63, 3.8) is 0 Å². The van der Waals surface area contributed by atoms with E-state index in [4.69, 9.17) is 18.9 Å². The highest BCUT2D eigenvalue weighted by Gasteiger charge is 2.15. The number of carbonyl (C=O) groups is 1. The first-order chi connectivity index (χ1) is 18.7. The molecule has 5 aromatic rings. The molecule has 0 amide bonds. The lowest BCUT2D eigenvalue weighted by atomic mass is 10.1. The van der Waals surface area contributed by atoms with Crippen molar-refractivity contribution in [3.05, 3.63) is 96.8 Å². The maximum Gasteiger partial charge on any atom is 0.305 e. The number of benzene rings is 3. The highest BCUT2D eigenvalue weighted by atomic mass is 16.5. The summed E-state index contributed by atoms with van der Waals surface area (Å²) in [5.41, 5.74) is 5.19. The lowest BCUT2D eigenvalue weighted by Gasteiger charge is -2.14. The van der Waals surface area contributed by atoms with E-state index < -0.39 is 0 Å². The van der Waals surface area contributed by atoms with Crippen molar-refractivity contribution < 1.29 is 18.7 Å². The predicted octanol–water partition coefficient (Wildman–Crippen LogP) is 7.51. The maximum atomic E-state index is 11.5. The maximum absolute atomic E-state index is 11.5. The smallest absolute Gasteiger partial charge is 0.305 e. The summed E-state index contributed by atoms with van der Waals surface area (Å²) >= 11 is 0. The molecule has 0 saturated heterocycles. The van der Waals surface area contributed by atoms with Crippen LogP contribution in [0.15, 0.2) is 95.6 Å². The molecule has 0 atom stereocenters. The van der Waals surface area contributed by atoms with Gasteiger partial charge in [-0.15, -0.1) is 0 Å². The molecule has 0 radical (unpaired) electrons. The normalized spacial score (nSPS) is 11.1. The average Bonchev–Trinajstić information content (AvgIpc) is 3.61.